The predicted octanol–water partition coefficient (Wildman–Crippen LogP) is 1.05. The summed E-state index contributed by atoms with van der Waals surface area (Å²) in [4.78, 5) is 1.09. The number of hydrogen-bond acceptors (Lipinski definition) is 4. The molecule has 0 saturated carbocycles. The molecule has 1 aromatic rings. The molecule has 0 fully saturated rings. The minimum absolute atomic E-state index is 0.253. The number of anilines is 1. The van der Waals surface area contributed by atoms with Gasteiger partial charge in [-0.2, -0.15) is 5.26 Å². The number of rotatable bonds is 0. The lowest BCUT2D eigenvalue weighted by atomic mass is 9.94. The van der Waals surface area contributed by atoms with Crippen molar-refractivity contribution in [3.8, 4) is 6.07 Å². The van der Waals surface area contributed by atoms with E-state index in [9.17, 15) is 5.11 Å². The molecule has 1 heterocycles. The molecule has 1 unspecified atom stereocenters. The van der Waals surface area contributed by atoms with Crippen molar-refractivity contribution >= 4 is 16.3 Å². The van der Waals surface area contributed by atoms with Gasteiger partial charge in [0.1, 0.15) is 11.1 Å². The molecule has 13 heavy (non-hydrogen) atoms. The van der Waals surface area contributed by atoms with Crippen LogP contribution in [0.4, 0.5) is 5.00 Å². The van der Waals surface area contributed by atoms with E-state index in [-0.39, 0.29) is 6.10 Å². The van der Waals surface area contributed by atoms with E-state index in [2.05, 4.69) is 6.07 Å². The topological polar surface area (TPSA) is 70.0 Å². The van der Waals surface area contributed by atoms with Gasteiger partial charge in [0.25, 0.3) is 0 Å². The van der Waals surface area contributed by atoms with Crippen molar-refractivity contribution in [3.63, 3.8) is 0 Å². The zero-order chi connectivity index (χ0) is 9.42. The molecule has 4 heteroatoms. The smallest absolute Gasteiger partial charge is 0.104 e. The Labute approximate surface area is 80.4 Å². The van der Waals surface area contributed by atoms with Gasteiger partial charge >= 0.3 is 0 Å². The second-order valence-corrected chi connectivity index (χ2v) is 4.39. The van der Waals surface area contributed by atoms with Gasteiger partial charge in [-0.1, -0.05) is 0 Å². The van der Waals surface area contributed by atoms with Crippen molar-refractivity contribution in [1.82, 2.24) is 0 Å². The summed E-state index contributed by atoms with van der Waals surface area (Å²) in [5.74, 6) is 0. The fourth-order valence-electron chi connectivity index (χ4n) is 1.71. The molecule has 0 bridgehead atoms. The second-order valence-electron chi connectivity index (χ2n) is 3.25. The molecule has 1 aromatic heterocycles. The molecule has 3 nitrogen and oxygen atoms in total. The molecule has 2 rings (SSSR count). The van der Waals surface area contributed by atoms with Gasteiger partial charge in [0.2, 0.25) is 0 Å². The molecule has 0 saturated heterocycles. The lowest BCUT2D eigenvalue weighted by Gasteiger charge is -2.16. The molecule has 68 valence electrons. The molecule has 1 aliphatic rings. The number of hydrogen-bond donors (Lipinski definition) is 2. The van der Waals surface area contributed by atoms with Crippen LogP contribution in [0, 0.1) is 11.3 Å². The van der Waals surface area contributed by atoms with Gasteiger partial charge in [-0.25, -0.2) is 0 Å². The van der Waals surface area contributed by atoms with Crippen LogP contribution in [0.15, 0.2) is 0 Å². The zero-order valence-corrected chi connectivity index (χ0v) is 7.90. The molecule has 0 spiro atoms. The molecular weight excluding hydrogens is 184 g/mol. The van der Waals surface area contributed by atoms with Crippen molar-refractivity contribution in [2.75, 3.05) is 5.73 Å². The van der Waals surface area contributed by atoms with Crippen molar-refractivity contribution in [3.05, 3.63) is 16.0 Å². The van der Waals surface area contributed by atoms with E-state index in [0.717, 1.165) is 23.3 Å². The SMILES string of the molecule is N#Cc1c(N)sc2c1CCC(O)C2. The maximum absolute atomic E-state index is 9.41. The van der Waals surface area contributed by atoms with Crippen LogP contribution in [0.5, 0.6) is 0 Å². The van der Waals surface area contributed by atoms with E-state index < -0.39 is 0 Å². The Kier molecular flexibility index (Phi) is 1.98. The highest BCUT2D eigenvalue weighted by atomic mass is 32.1. The third-order valence-electron chi connectivity index (χ3n) is 2.38. The van der Waals surface area contributed by atoms with Gasteiger partial charge in [0.15, 0.2) is 0 Å². The molecule has 1 atom stereocenters. The van der Waals surface area contributed by atoms with Crippen LogP contribution in [0.25, 0.3) is 0 Å². The number of aliphatic hydroxyl groups excluding tert-OH is 1. The first kappa shape index (κ1) is 8.54. The summed E-state index contributed by atoms with van der Waals surface area (Å²) in [5.41, 5.74) is 7.39. The number of nitrogens with zero attached hydrogens (tertiary/aromatic N) is 1. The van der Waals surface area contributed by atoms with Crippen molar-refractivity contribution < 1.29 is 5.11 Å². The quantitative estimate of drug-likeness (QED) is 0.648. The molecule has 0 radical (unpaired) electrons. The van der Waals surface area contributed by atoms with Crippen LogP contribution < -0.4 is 5.73 Å². The van der Waals surface area contributed by atoms with Gasteiger partial charge in [0.05, 0.1) is 11.7 Å². The number of thiophene rings is 1. The first-order valence-corrected chi connectivity index (χ1v) is 5.02. The normalized spacial score (nSPS) is 20.8. The highest BCUT2D eigenvalue weighted by Gasteiger charge is 2.23. The Balaban J connectivity index is 2.48. The Bertz CT molecular complexity index is 378. The average molecular weight is 194 g/mol. The van der Waals surface area contributed by atoms with Crippen LogP contribution >= 0.6 is 11.3 Å². The summed E-state index contributed by atoms with van der Waals surface area (Å²) in [6, 6.07) is 2.12. The first-order valence-electron chi connectivity index (χ1n) is 4.20. The average Bonchev–Trinajstić information content (AvgIpc) is 2.39. The summed E-state index contributed by atoms with van der Waals surface area (Å²) in [6.45, 7) is 0. The van der Waals surface area contributed by atoms with E-state index in [1.54, 1.807) is 0 Å². The van der Waals surface area contributed by atoms with Gasteiger partial charge in [-0.05, 0) is 18.4 Å². The van der Waals surface area contributed by atoms with Crippen molar-refractivity contribution in [2.24, 2.45) is 0 Å². The fraction of sp³-hybridized carbons (Fsp3) is 0.444. The van der Waals surface area contributed by atoms with E-state index in [1.165, 1.54) is 11.3 Å². The molecule has 0 aromatic carbocycles. The molecule has 0 aliphatic heterocycles. The minimum Gasteiger partial charge on any atom is -0.393 e. The largest absolute Gasteiger partial charge is 0.393 e. The van der Waals surface area contributed by atoms with E-state index >= 15 is 0 Å². The Morgan fingerprint density at radius 1 is 1.62 bits per heavy atom. The predicted molar refractivity (Wildman–Crippen MR) is 51.5 cm³/mol. The maximum Gasteiger partial charge on any atom is 0.104 e. The zero-order valence-electron chi connectivity index (χ0n) is 7.08. The standard InChI is InChI=1S/C9H10N2OS/c10-4-7-6-2-1-5(12)3-8(6)13-9(7)11/h5,12H,1-3,11H2. The molecular formula is C9H10N2OS. The number of nitrogen functional groups attached to an aromatic ring is 1. The second kappa shape index (κ2) is 3.02. The Hall–Kier alpha value is -1.05. The maximum atomic E-state index is 9.41. The first-order chi connectivity index (χ1) is 6.22. The summed E-state index contributed by atoms with van der Waals surface area (Å²) in [6.07, 6.45) is 1.94. The highest BCUT2D eigenvalue weighted by molar-refractivity contribution is 7.16. The Morgan fingerprint density at radius 2 is 2.38 bits per heavy atom. The van der Waals surface area contributed by atoms with Crippen molar-refractivity contribution in [1.29, 1.82) is 5.26 Å². The molecule has 3 N–H and O–H groups in total. The number of nitriles is 1. The monoisotopic (exact) mass is 194 g/mol. The summed E-state index contributed by atoms with van der Waals surface area (Å²) >= 11 is 1.44. The van der Waals surface area contributed by atoms with Crippen LogP contribution in [0.2, 0.25) is 0 Å². The summed E-state index contributed by atoms with van der Waals surface area (Å²) < 4.78 is 0. The highest BCUT2D eigenvalue weighted by Crippen LogP contribution is 2.35. The van der Waals surface area contributed by atoms with E-state index in [0.29, 0.717) is 17.0 Å². The van der Waals surface area contributed by atoms with Gasteiger partial charge in [-0.3, -0.25) is 0 Å². The van der Waals surface area contributed by atoms with Crippen molar-refractivity contribution in [2.45, 2.75) is 25.4 Å². The minimum atomic E-state index is -0.253. The Morgan fingerprint density at radius 3 is 3.08 bits per heavy atom. The summed E-state index contributed by atoms with van der Waals surface area (Å²) in [7, 11) is 0. The fourth-order valence-corrected chi connectivity index (χ4v) is 2.85. The molecule has 0 amide bonds. The van der Waals surface area contributed by atoms with Crippen LogP contribution in [0.1, 0.15) is 22.4 Å². The van der Waals surface area contributed by atoms with Gasteiger partial charge < -0.3 is 10.8 Å². The number of nitrogens with two attached hydrogens (primary N) is 1. The third-order valence-corrected chi connectivity index (χ3v) is 3.46. The van der Waals surface area contributed by atoms with Crippen LogP contribution in [-0.2, 0) is 12.8 Å². The lowest BCUT2D eigenvalue weighted by Crippen LogP contribution is -2.17. The van der Waals surface area contributed by atoms with Crippen LogP contribution in [-0.4, -0.2) is 11.2 Å². The summed E-state index contributed by atoms with van der Waals surface area (Å²) in [5, 5.41) is 18.9. The molecule has 1 aliphatic carbocycles. The lowest BCUT2D eigenvalue weighted by molar-refractivity contribution is 0.160. The van der Waals surface area contributed by atoms with Gasteiger partial charge in [0, 0.05) is 11.3 Å². The number of aliphatic hydroxyl groups is 1. The van der Waals surface area contributed by atoms with Crippen LogP contribution in [0.3, 0.4) is 0 Å². The number of fused-ring (bicyclic) bond motifs is 1. The third kappa shape index (κ3) is 1.30. The van der Waals surface area contributed by atoms with E-state index in [4.69, 9.17) is 11.0 Å². The van der Waals surface area contributed by atoms with E-state index in [1.807, 2.05) is 0 Å². The van der Waals surface area contributed by atoms with Gasteiger partial charge in [-0.15, -0.1) is 11.3 Å².